The van der Waals surface area contributed by atoms with Crippen LogP contribution in [0.4, 0.5) is 0 Å². The lowest BCUT2D eigenvalue weighted by Gasteiger charge is -2.18. The van der Waals surface area contributed by atoms with Gasteiger partial charge < -0.3 is 15.5 Å². The zero-order chi connectivity index (χ0) is 16.7. The quantitative estimate of drug-likeness (QED) is 0.398. The normalized spacial score (nSPS) is 14.9. The van der Waals surface area contributed by atoms with E-state index in [9.17, 15) is 4.79 Å². The SMILES string of the molecule is CN(C)C(=O)CNC(=NCc1ccc(Cl)cn1)NC1CCCC1.I. The van der Waals surface area contributed by atoms with E-state index in [2.05, 4.69) is 20.6 Å². The Labute approximate surface area is 165 Å². The molecule has 0 unspecified atom stereocenters. The number of halogens is 2. The number of amides is 1. The van der Waals surface area contributed by atoms with E-state index >= 15 is 0 Å². The van der Waals surface area contributed by atoms with Crippen molar-refractivity contribution >= 4 is 47.4 Å². The van der Waals surface area contributed by atoms with Crippen LogP contribution in [0.3, 0.4) is 0 Å². The number of nitrogens with one attached hydrogen (secondary N) is 2. The van der Waals surface area contributed by atoms with Gasteiger partial charge in [-0.1, -0.05) is 24.4 Å². The number of hydrogen-bond donors (Lipinski definition) is 2. The minimum atomic E-state index is 0. The van der Waals surface area contributed by atoms with Crippen LogP contribution in [-0.2, 0) is 11.3 Å². The third kappa shape index (κ3) is 7.21. The summed E-state index contributed by atoms with van der Waals surface area (Å²) in [4.78, 5) is 22.1. The molecule has 1 heterocycles. The van der Waals surface area contributed by atoms with Gasteiger partial charge in [0.25, 0.3) is 0 Å². The third-order valence-electron chi connectivity index (χ3n) is 3.79. The fourth-order valence-corrected chi connectivity index (χ4v) is 2.51. The maximum Gasteiger partial charge on any atom is 0.241 e. The van der Waals surface area contributed by atoms with Gasteiger partial charge in [0.05, 0.1) is 23.8 Å². The Morgan fingerprint density at radius 1 is 1.38 bits per heavy atom. The number of nitrogens with zero attached hydrogens (tertiary/aromatic N) is 3. The molecule has 2 rings (SSSR count). The summed E-state index contributed by atoms with van der Waals surface area (Å²) in [5, 5.41) is 7.12. The molecule has 0 bridgehead atoms. The molecule has 0 saturated heterocycles. The second-order valence-corrected chi connectivity index (χ2v) is 6.34. The van der Waals surface area contributed by atoms with Gasteiger partial charge in [0, 0.05) is 26.3 Å². The van der Waals surface area contributed by atoms with Crippen molar-refractivity contribution in [3.8, 4) is 0 Å². The number of guanidine groups is 1. The van der Waals surface area contributed by atoms with Crippen molar-refractivity contribution in [2.45, 2.75) is 38.3 Å². The van der Waals surface area contributed by atoms with E-state index in [1.54, 1.807) is 31.3 Å². The fraction of sp³-hybridized carbons (Fsp3) is 0.562. The van der Waals surface area contributed by atoms with Crippen LogP contribution in [0.15, 0.2) is 23.3 Å². The predicted molar refractivity (Wildman–Crippen MR) is 108 cm³/mol. The topological polar surface area (TPSA) is 69.6 Å². The molecule has 1 saturated carbocycles. The number of aromatic nitrogens is 1. The van der Waals surface area contributed by atoms with Gasteiger partial charge in [0.1, 0.15) is 0 Å². The van der Waals surface area contributed by atoms with Gasteiger partial charge in [-0.2, -0.15) is 0 Å². The Hall–Kier alpha value is -1.09. The van der Waals surface area contributed by atoms with Crippen molar-refractivity contribution in [3.63, 3.8) is 0 Å². The molecule has 0 atom stereocenters. The van der Waals surface area contributed by atoms with Crippen LogP contribution in [0, 0.1) is 0 Å². The lowest BCUT2D eigenvalue weighted by atomic mass is 10.2. The summed E-state index contributed by atoms with van der Waals surface area (Å²) < 4.78 is 0. The van der Waals surface area contributed by atoms with Gasteiger partial charge in [-0.3, -0.25) is 9.78 Å². The molecule has 0 aliphatic heterocycles. The Bertz CT molecular complexity index is 544. The van der Waals surface area contributed by atoms with Crippen molar-refractivity contribution in [2.75, 3.05) is 20.6 Å². The summed E-state index contributed by atoms with van der Waals surface area (Å²) in [5.74, 6) is 0.666. The summed E-state index contributed by atoms with van der Waals surface area (Å²) in [5.41, 5.74) is 0.834. The molecule has 0 aromatic carbocycles. The minimum absolute atomic E-state index is 0. The van der Waals surface area contributed by atoms with Crippen LogP contribution in [0.25, 0.3) is 0 Å². The molecule has 1 fully saturated rings. The fourth-order valence-electron chi connectivity index (χ4n) is 2.39. The molecule has 1 aromatic heterocycles. The van der Waals surface area contributed by atoms with Gasteiger partial charge in [-0.25, -0.2) is 4.99 Å². The van der Waals surface area contributed by atoms with E-state index in [1.165, 1.54) is 12.8 Å². The van der Waals surface area contributed by atoms with Crippen LogP contribution in [0.1, 0.15) is 31.4 Å². The van der Waals surface area contributed by atoms with E-state index < -0.39 is 0 Å². The number of likely N-dealkylation sites (N-methyl/N-ethyl adjacent to an activating group) is 1. The van der Waals surface area contributed by atoms with Gasteiger partial charge in [0.15, 0.2) is 5.96 Å². The van der Waals surface area contributed by atoms with Gasteiger partial charge in [-0.05, 0) is 25.0 Å². The molecule has 1 aromatic rings. The molecule has 1 aliphatic rings. The smallest absolute Gasteiger partial charge is 0.241 e. The molecular weight excluding hydrogens is 441 g/mol. The van der Waals surface area contributed by atoms with Crippen molar-refractivity contribution in [2.24, 2.45) is 4.99 Å². The maximum atomic E-state index is 11.7. The average Bonchev–Trinajstić information content (AvgIpc) is 3.04. The highest BCUT2D eigenvalue weighted by atomic mass is 127. The first kappa shape index (κ1) is 21.0. The number of carbonyl (C=O) groups excluding carboxylic acids is 1. The number of carbonyl (C=O) groups is 1. The second-order valence-electron chi connectivity index (χ2n) is 5.90. The van der Waals surface area contributed by atoms with Gasteiger partial charge >= 0.3 is 0 Å². The van der Waals surface area contributed by atoms with Crippen LogP contribution in [-0.4, -0.2) is 48.4 Å². The Balaban J connectivity index is 0.00000288. The lowest BCUT2D eigenvalue weighted by Crippen LogP contribution is -2.46. The highest BCUT2D eigenvalue weighted by Gasteiger charge is 2.16. The molecule has 6 nitrogen and oxygen atoms in total. The largest absolute Gasteiger partial charge is 0.354 e. The van der Waals surface area contributed by atoms with Crippen molar-refractivity contribution in [3.05, 3.63) is 29.0 Å². The highest BCUT2D eigenvalue weighted by Crippen LogP contribution is 2.17. The van der Waals surface area contributed by atoms with E-state index in [1.807, 2.05) is 6.07 Å². The maximum absolute atomic E-state index is 11.7. The molecule has 134 valence electrons. The molecule has 2 N–H and O–H groups in total. The van der Waals surface area contributed by atoms with Crippen LogP contribution in [0.2, 0.25) is 5.02 Å². The van der Waals surface area contributed by atoms with Crippen molar-refractivity contribution < 1.29 is 4.79 Å². The van der Waals surface area contributed by atoms with Gasteiger partial charge in [0.2, 0.25) is 5.91 Å². The predicted octanol–water partition coefficient (Wildman–Crippen LogP) is 2.42. The first-order valence-corrected chi connectivity index (χ1v) is 8.28. The zero-order valence-electron chi connectivity index (χ0n) is 14.1. The van der Waals surface area contributed by atoms with Crippen LogP contribution in [0.5, 0.6) is 0 Å². The number of aliphatic imine (C=N–C) groups is 1. The van der Waals surface area contributed by atoms with Crippen molar-refractivity contribution in [1.29, 1.82) is 0 Å². The summed E-state index contributed by atoms with van der Waals surface area (Å²) >= 11 is 5.84. The summed E-state index contributed by atoms with van der Waals surface area (Å²) in [6.45, 7) is 0.662. The Kier molecular flexibility index (Phi) is 9.35. The standard InChI is InChI=1S/C16H24ClN5O.HI/c1-22(2)15(23)11-20-16(21-13-5-3-4-6-13)19-10-14-8-7-12(17)9-18-14;/h7-9,13H,3-6,10-11H2,1-2H3,(H2,19,20,21);1H. The molecule has 0 radical (unpaired) electrons. The lowest BCUT2D eigenvalue weighted by molar-refractivity contribution is -0.127. The van der Waals surface area contributed by atoms with E-state index in [0.717, 1.165) is 18.5 Å². The monoisotopic (exact) mass is 465 g/mol. The Morgan fingerprint density at radius 2 is 2.08 bits per heavy atom. The molecule has 24 heavy (non-hydrogen) atoms. The third-order valence-corrected chi connectivity index (χ3v) is 4.01. The number of pyridine rings is 1. The van der Waals surface area contributed by atoms with Crippen molar-refractivity contribution in [1.82, 2.24) is 20.5 Å². The summed E-state index contributed by atoms with van der Waals surface area (Å²) in [7, 11) is 3.48. The molecular formula is C16H25ClIN5O. The van der Waals surface area contributed by atoms with E-state index in [-0.39, 0.29) is 36.4 Å². The van der Waals surface area contributed by atoms with Crippen LogP contribution < -0.4 is 10.6 Å². The van der Waals surface area contributed by atoms with E-state index in [4.69, 9.17) is 11.6 Å². The van der Waals surface area contributed by atoms with Gasteiger partial charge in [-0.15, -0.1) is 24.0 Å². The molecule has 0 spiro atoms. The first-order chi connectivity index (χ1) is 11.0. The molecule has 1 amide bonds. The average molecular weight is 466 g/mol. The van der Waals surface area contributed by atoms with E-state index in [0.29, 0.717) is 23.6 Å². The number of rotatable bonds is 5. The zero-order valence-corrected chi connectivity index (χ0v) is 17.2. The molecule has 8 heteroatoms. The summed E-state index contributed by atoms with van der Waals surface area (Å²) in [6.07, 6.45) is 6.36. The number of hydrogen-bond acceptors (Lipinski definition) is 3. The minimum Gasteiger partial charge on any atom is -0.354 e. The summed E-state index contributed by atoms with van der Waals surface area (Å²) in [6, 6.07) is 4.07. The highest BCUT2D eigenvalue weighted by molar-refractivity contribution is 14.0. The second kappa shape index (κ2) is 10.7. The molecule has 1 aliphatic carbocycles. The van der Waals surface area contributed by atoms with Crippen LogP contribution >= 0.6 is 35.6 Å². The first-order valence-electron chi connectivity index (χ1n) is 7.90. The Morgan fingerprint density at radius 3 is 2.67 bits per heavy atom.